The molecule has 0 saturated heterocycles. The highest BCUT2D eigenvalue weighted by Gasteiger charge is 2.08. The number of methoxy groups -OCH3 is 1. The number of ether oxygens (including phenoxy) is 2. The second-order valence-electron chi connectivity index (χ2n) is 4.37. The van der Waals surface area contributed by atoms with Gasteiger partial charge in [-0.2, -0.15) is 0 Å². The van der Waals surface area contributed by atoms with E-state index in [2.05, 4.69) is 0 Å². The Labute approximate surface area is 131 Å². The molecule has 0 N–H and O–H groups in total. The molecule has 1 heterocycles. The number of aromatic nitrogens is 2. The second kappa shape index (κ2) is 9.30. The molecule has 0 amide bonds. The van der Waals surface area contributed by atoms with Crippen LogP contribution >= 0.6 is 22.6 Å². The predicted molar refractivity (Wildman–Crippen MR) is 85.3 cm³/mol. The van der Waals surface area contributed by atoms with Crippen molar-refractivity contribution in [2.75, 3.05) is 26.9 Å². The quantitative estimate of drug-likeness (QED) is 0.463. The van der Waals surface area contributed by atoms with Crippen LogP contribution in [0.4, 0.5) is 0 Å². The van der Waals surface area contributed by atoms with Crippen LogP contribution in [0.1, 0.15) is 19.8 Å². The Morgan fingerprint density at radius 3 is 2.60 bits per heavy atom. The maximum atomic E-state index is 12.2. The number of aryl methyl sites for hydroxylation is 1. The minimum Gasteiger partial charge on any atom is -0.382 e. The van der Waals surface area contributed by atoms with E-state index in [0.29, 0.717) is 42.9 Å². The number of hydrogen-bond donors (Lipinski definition) is 0. The van der Waals surface area contributed by atoms with Crippen LogP contribution in [0.2, 0.25) is 0 Å². The van der Waals surface area contributed by atoms with E-state index in [-0.39, 0.29) is 11.2 Å². The topological polar surface area (TPSA) is 62.5 Å². The van der Waals surface area contributed by atoms with Crippen LogP contribution in [-0.2, 0) is 22.6 Å². The average molecular weight is 396 g/mol. The number of nitrogens with zero attached hydrogens (tertiary/aromatic N) is 2. The van der Waals surface area contributed by atoms with Gasteiger partial charge >= 0.3 is 5.69 Å². The molecule has 1 rings (SSSR count). The van der Waals surface area contributed by atoms with Gasteiger partial charge in [0.15, 0.2) is 0 Å². The fourth-order valence-electron chi connectivity index (χ4n) is 1.79. The molecule has 0 atom stereocenters. The fourth-order valence-corrected chi connectivity index (χ4v) is 2.41. The Morgan fingerprint density at radius 2 is 1.95 bits per heavy atom. The third kappa shape index (κ3) is 5.02. The normalized spacial score (nSPS) is 10.9. The van der Waals surface area contributed by atoms with Crippen molar-refractivity contribution in [2.24, 2.45) is 0 Å². The summed E-state index contributed by atoms with van der Waals surface area (Å²) in [7, 11) is 1.62. The number of hydrogen-bond acceptors (Lipinski definition) is 4. The fraction of sp³-hybridized carbons (Fsp3) is 0.692. The highest BCUT2D eigenvalue weighted by Crippen LogP contribution is 1.96. The zero-order valence-electron chi connectivity index (χ0n) is 11.9. The van der Waals surface area contributed by atoms with Gasteiger partial charge in [0.25, 0.3) is 5.56 Å². The first-order valence-electron chi connectivity index (χ1n) is 6.68. The van der Waals surface area contributed by atoms with Gasteiger partial charge in [-0.05, 0) is 35.4 Å². The maximum absolute atomic E-state index is 12.2. The van der Waals surface area contributed by atoms with E-state index in [9.17, 15) is 9.59 Å². The minimum absolute atomic E-state index is 0.222. The van der Waals surface area contributed by atoms with Gasteiger partial charge in [0.05, 0.1) is 16.8 Å². The summed E-state index contributed by atoms with van der Waals surface area (Å²) in [6, 6.07) is 0. The first kappa shape index (κ1) is 17.4. The second-order valence-corrected chi connectivity index (χ2v) is 5.53. The van der Waals surface area contributed by atoms with E-state index in [1.165, 1.54) is 4.57 Å². The largest absolute Gasteiger partial charge is 0.382 e. The maximum Gasteiger partial charge on any atom is 0.331 e. The van der Waals surface area contributed by atoms with Crippen LogP contribution in [0.3, 0.4) is 0 Å². The van der Waals surface area contributed by atoms with Crippen molar-refractivity contribution in [1.82, 2.24) is 9.13 Å². The molecule has 0 unspecified atom stereocenters. The van der Waals surface area contributed by atoms with Crippen LogP contribution in [0, 0.1) is 3.57 Å². The molecule has 0 bridgehead atoms. The van der Waals surface area contributed by atoms with Gasteiger partial charge in [-0.3, -0.25) is 13.9 Å². The summed E-state index contributed by atoms with van der Waals surface area (Å²) in [5.74, 6) is 0. The van der Waals surface area contributed by atoms with E-state index in [4.69, 9.17) is 9.47 Å². The zero-order chi connectivity index (χ0) is 15.0. The van der Waals surface area contributed by atoms with Crippen LogP contribution < -0.4 is 11.2 Å². The van der Waals surface area contributed by atoms with Gasteiger partial charge in [0, 0.05) is 33.0 Å². The molecule has 0 aliphatic carbocycles. The molecule has 0 aliphatic rings. The standard InChI is InChI=1S/C13H21IN2O4/c1-3-5-15-10-11(14)12(17)16(13(15)18)6-4-7-20-9-8-19-2/h10H,3-9H2,1-2H3. The van der Waals surface area contributed by atoms with E-state index >= 15 is 0 Å². The molecular formula is C13H21IN2O4. The van der Waals surface area contributed by atoms with Gasteiger partial charge in [-0.25, -0.2) is 4.79 Å². The van der Waals surface area contributed by atoms with Gasteiger partial charge in [-0.1, -0.05) is 6.92 Å². The Balaban J connectivity index is 2.69. The minimum atomic E-state index is -0.242. The lowest BCUT2D eigenvalue weighted by molar-refractivity contribution is 0.0677. The Kier molecular flexibility index (Phi) is 8.08. The summed E-state index contributed by atoms with van der Waals surface area (Å²) in [4.78, 5) is 24.2. The molecule has 0 aliphatic heterocycles. The highest BCUT2D eigenvalue weighted by atomic mass is 127. The molecule has 0 radical (unpaired) electrons. The Bertz CT molecular complexity index is 524. The van der Waals surface area contributed by atoms with Crippen molar-refractivity contribution in [3.05, 3.63) is 30.6 Å². The van der Waals surface area contributed by atoms with Crippen LogP contribution in [0.15, 0.2) is 15.8 Å². The van der Waals surface area contributed by atoms with Gasteiger partial charge in [0.1, 0.15) is 0 Å². The van der Waals surface area contributed by atoms with Crippen LogP contribution in [-0.4, -0.2) is 36.1 Å². The first-order valence-corrected chi connectivity index (χ1v) is 7.76. The molecule has 1 aromatic heterocycles. The molecule has 6 nitrogen and oxygen atoms in total. The summed E-state index contributed by atoms with van der Waals surface area (Å²) in [6.45, 7) is 4.59. The molecule has 20 heavy (non-hydrogen) atoms. The molecule has 0 spiro atoms. The summed E-state index contributed by atoms with van der Waals surface area (Å²) >= 11 is 1.97. The summed E-state index contributed by atoms with van der Waals surface area (Å²) in [6.07, 6.45) is 3.11. The van der Waals surface area contributed by atoms with Crippen molar-refractivity contribution in [1.29, 1.82) is 0 Å². The monoisotopic (exact) mass is 396 g/mol. The summed E-state index contributed by atoms with van der Waals surface area (Å²) in [5, 5.41) is 0. The Morgan fingerprint density at radius 1 is 1.20 bits per heavy atom. The average Bonchev–Trinajstić information content (AvgIpc) is 2.43. The molecule has 1 aromatic rings. The summed E-state index contributed by atoms with van der Waals surface area (Å²) < 4.78 is 13.6. The van der Waals surface area contributed by atoms with Crippen molar-refractivity contribution < 1.29 is 9.47 Å². The van der Waals surface area contributed by atoms with Crippen molar-refractivity contribution in [2.45, 2.75) is 32.9 Å². The zero-order valence-corrected chi connectivity index (χ0v) is 14.1. The molecule has 0 saturated carbocycles. The molecule has 7 heteroatoms. The van der Waals surface area contributed by atoms with Gasteiger partial charge < -0.3 is 9.47 Å². The van der Waals surface area contributed by atoms with Gasteiger partial charge in [0.2, 0.25) is 0 Å². The van der Waals surface area contributed by atoms with E-state index in [1.807, 2.05) is 29.5 Å². The highest BCUT2D eigenvalue weighted by molar-refractivity contribution is 14.1. The SMILES string of the molecule is CCCn1cc(I)c(=O)n(CCCOCCOC)c1=O. The molecular weight excluding hydrogens is 375 g/mol. The first-order chi connectivity index (χ1) is 9.61. The van der Waals surface area contributed by atoms with E-state index < -0.39 is 0 Å². The van der Waals surface area contributed by atoms with E-state index in [1.54, 1.807) is 17.9 Å². The number of halogens is 1. The van der Waals surface area contributed by atoms with E-state index in [0.717, 1.165) is 6.42 Å². The lowest BCUT2D eigenvalue weighted by Crippen LogP contribution is -2.41. The van der Waals surface area contributed by atoms with Crippen molar-refractivity contribution in [3.8, 4) is 0 Å². The van der Waals surface area contributed by atoms with Crippen molar-refractivity contribution >= 4 is 22.6 Å². The molecule has 114 valence electrons. The van der Waals surface area contributed by atoms with Gasteiger partial charge in [-0.15, -0.1) is 0 Å². The molecule has 0 fully saturated rings. The van der Waals surface area contributed by atoms with Crippen LogP contribution in [0.5, 0.6) is 0 Å². The van der Waals surface area contributed by atoms with Crippen molar-refractivity contribution in [3.63, 3.8) is 0 Å². The molecule has 0 aromatic carbocycles. The summed E-state index contributed by atoms with van der Waals surface area (Å²) in [5.41, 5.74) is -0.464. The van der Waals surface area contributed by atoms with Crippen LogP contribution in [0.25, 0.3) is 0 Å². The third-order valence-corrected chi connectivity index (χ3v) is 3.50. The smallest absolute Gasteiger partial charge is 0.331 e. The third-order valence-electron chi connectivity index (χ3n) is 2.76. The lowest BCUT2D eigenvalue weighted by Gasteiger charge is -2.10. The number of rotatable bonds is 9. The predicted octanol–water partition coefficient (Wildman–Crippen LogP) is 1.08. The lowest BCUT2D eigenvalue weighted by atomic mass is 10.4. The Hall–Kier alpha value is -0.670.